The van der Waals surface area contributed by atoms with E-state index in [1.54, 1.807) is 0 Å². The first-order valence-electron chi connectivity index (χ1n) is 10.6. The van der Waals surface area contributed by atoms with Crippen LogP contribution in [0.25, 0.3) is 0 Å². The van der Waals surface area contributed by atoms with Crippen LogP contribution in [0.3, 0.4) is 0 Å². The molecule has 0 bridgehead atoms. The molecule has 0 aromatic heterocycles. The highest BCUT2D eigenvalue weighted by Crippen LogP contribution is 2.12. The van der Waals surface area contributed by atoms with Gasteiger partial charge in [0.25, 0.3) is 0 Å². The molecule has 0 aromatic carbocycles. The lowest BCUT2D eigenvalue weighted by Crippen LogP contribution is -2.45. The van der Waals surface area contributed by atoms with Crippen molar-refractivity contribution in [1.29, 1.82) is 0 Å². The Morgan fingerprint density at radius 1 is 0.923 bits per heavy atom. The Balaban J connectivity index is 0. The molecule has 0 saturated heterocycles. The number of quaternary nitrogens is 1. The highest BCUT2D eigenvalue weighted by Gasteiger charge is 2.16. The zero-order chi connectivity index (χ0) is 19.0. The Bertz CT molecular complexity index is 345. The molecule has 0 unspecified atom stereocenters. The second-order valence-electron chi connectivity index (χ2n) is 8.23. The second kappa shape index (κ2) is 18.0. The molecular weight excluding hydrogens is 388 g/mol. The molecular formula is C22H46BrN2O+. The fraction of sp³-hybridized carbons (Fsp3) is 0.864. The third-order valence-electron chi connectivity index (χ3n) is 5.08. The molecule has 0 saturated carbocycles. The van der Waals surface area contributed by atoms with Crippen LogP contribution in [0.4, 0.5) is 0 Å². The molecule has 0 aliphatic carbocycles. The van der Waals surface area contributed by atoms with Gasteiger partial charge in [-0.25, -0.2) is 0 Å². The van der Waals surface area contributed by atoms with Crippen molar-refractivity contribution in [3.8, 4) is 0 Å². The molecule has 0 N–H and O–H groups in total. The van der Waals surface area contributed by atoms with Crippen LogP contribution in [0.1, 0.15) is 84.0 Å². The zero-order valence-corrected chi connectivity index (χ0v) is 19.8. The third kappa shape index (κ3) is 17.1. The Labute approximate surface area is 174 Å². The molecule has 0 aliphatic heterocycles. The number of carbonyl (C=O) groups excluding carboxylic acids is 1. The molecule has 0 rings (SSSR count). The van der Waals surface area contributed by atoms with Gasteiger partial charge < -0.3 is 9.38 Å². The van der Waals surface area contributed by atoms with Crippen LogP contribution < -0.4 is 0 Å². The summed E-state index contributed by atoms with van der Waals surface area (Å²) in [5.41, 5.74) is 0. The highest BCUT2D eigenvalue weighted by atomic mass is 79.9. The van der Waals surface area contributed by atoms with Gasteiger partial charge in [-0.3, -0.25) is 4.79 Å². The van der Waals surface area contributed by atoms with Crippen LogP contribution >= 0.6 is 17.0 Å². The van der Waals surface area contributed by atoms with Crippen LogP contribution in [0.2, 0.25) is 0 Å². The van der Waals surface area contributed by atoms with Crippen molar-refractivity contribution < 1.29 is 9.28 Å². The maximum absolute atomic E-state index is 12.2. The third-order valence-corrected chi connectivity index (χ3v) is 5.08. The van der Waals surface area contributed by atoms with Gasteiger partial charge in [-0.15, -0.1) is 17.0 Å². The SMILES string of the molecule is Br.C=CC[N+](C)(C)CCN(C)C(=O)CCCCCCCCCCCCC. The van der Waals surface area contributed by atoms with E-state index in [-0.39, 0.29) is 17.0 Å². The summed E-state index contributed by atoms with van der Waals surface area (Å²) >= 11 is 0. The minimum Gasteiger partial charge on any atom is -0.340 e. The molecule has 0 heterocycles. The summed E-state index contributed by atoms with van der Waals surface area (Å²) in [4.78, 5) is 14.1. The van der Waals surface area contributed by atoms with Crippen LogP contribution in [0.15, 0.2) is 12.7 Å². The number of carbonyl (C=O) groups is 1. The number of nitrogens with zero attached hydrogens (tertiary/aromatic N) is 2. The van der Waals surface area contributed by atoms with E-state index in [0.717, 1.165) is 30.5 Å². The summed E-state index contributed by atoms with van der Waals surface area (Å²) in [6.45, 7) is 8.83. The summed E-state index contributed by atoms with van der Waals surface area (Å²) in [6, 6.07) is 0. The highest BCUT2D eigenvalue weighted by molar-refractivity contribution is 8.93. The number of hydrogen-bond acceptors (Lipinski definition) is 1. The topological polar surface area (TPSA) is 20.3 Å². The van der Waals surface area contributed by atoms with Gasteiger partial charge in [-0.2, -0.15) is 0 Å². The number of rotatable bonds is 17. The fourth-order valence-corrected chi connectivity index (χ4v) is 3.12. The smallest absolute Gasteiger partial charge is 0.222 e. The van der Waals surface area contributed by atoms with Crippen molar-refractivity contribution in [2.75, 3.05) is 40.8 Å². The minimum atomic E-state index is 0. The summed E-state index contributed by atoms with van der Waals surface area (Å²) < 4.78 is 0.888. The predicted octanol–water partition coefficient (Wildman–Crippen LogP) is 5.99. The van der Waals surface area contributed by atoms with E-state index in [4.69, 9.17) is 0 Å². The van der Waals surface area contributed by atoms with Gasteiger partial charge in [0.2, 0.25) is 5.91 Å². The zero-order valence-electron chi connectivity index (χ0n) is 18.1. The summed E-state index contributed by atoms with van der Waals surface area (Å²) in [5.74, 6) is 0.300. The first-order chi connectivity index (χ1) is 11.9. The van der Waals surface area contributed by atoms with Gasteiger partial charge in [0.1, 0.15) is 0 Å². The van der Waals surface area contributed by atoms with Gasteiger partial charge in [0.05, 0.1) is 33.7 Å². The van der Waals surface area contributed by atoms with Gasteiger partial charge >= 0.3 is 0 Å². The lowest BCUT2D eigenvalue weighted by molar-refractivity contribution is -0.883. The molecule has 3 nitrogen and oxygen atoms in total. The number of hydrogen-bond donors (Lipinski definition) is 0. The molecule has 0 radical (unpaired) electrons. The van der Waals surface area contributed by atoms with Crippen molar-refractivity contribution in [3.63, 3.8) is 0 Å². The van der Waals surface area contributed by atoms with E-state index in [0.29, 0.717) is 12.3 Å². The van der Waals surface area contributed by atoms with Crippen molar-refractivity contribution in [1.82, 2.24) is 4.90 Å². The Morgan fingerprint density at radius 2 is 1.38 bits per heavy atom. The maximum Gasteiger partial charge on any atom is 0.222 e. The maximum atomic E-state index is 12.2. The Morgan fingerprint density at radius 3 is 1.85 bits per heavy atom. The molecule has 0 aromatic rings. The van der Waals surface area contributed by atoms with Crippen molar-refractivity contribution in [2.24, 2.45) is 0 Å². The van der Waals surface area contributed by atoms with E-state index in [9.17, 15) is 4.79 Å². The molecule has 156 valence electrons. The van der Waals surface area contributed by atoms with E-state index < -0.39 is 0 Å². The minimum absolute atomic E-state index is 0. The lowest BCUT2D eigenvalue weighted by Gasteiger charge is -2.30. The molecule has 26 heavy (non-hydrogen) atoms. The van der Waals surface area contributed by atoms with Gasteiger partial charge in [-0.1, -0.05) is 77.7 Å². The predicted molar refractivity (Wildman–Crippen MR) is 121 cm³/mol. The standard InChI is InChI=1S/C22H45N2O.BrH/c1-6-8-9-10-11-12-13-14-15-16-17-18-22(25)23(3)19-21-24(4,5)20-7-2;/h7H,2,6,8-21H2,1,3-5H3;1H/q+1;. The summed E-state index contributed by atoms with van der Waals surface area (Å²) in [6.07, 6.45) is 17.3. The second-order valence-corrected chi connectivity index (χ2v) is 8.23. The molecule has 1 amide bonds. The van der Waals surface area contributed by atoms with Gasteiger partial charge in [0, 0.05) is 13.5 Å². The molecule has 0 fully saturated rings. The first kappa shape index (κ1) is 27.9. The van der Waals surface area contributed by atoms with E-state index in [1.807, 2.05) is 18.0 Å². The number of amides is 1. The average molecular weight is 435 g/mol. The van der Waals surface area contributed by atoms with E-state index in [2.05, 4.69) is 27.6 Å². The largest absolute Gasteiger partial charge is 0.340 e. The molecule has 4 heteroatoms. The lowest BCUT2D eigenvalue weighted by atomic mass is 10.1. The van der Waals surface area contributed by atoms with Gasteiger partial charge in [-0.05, 0) is 12.5 Å². The normalized spacial score (nSPS) is 11.1. The average Bonchev–Trinajstić information content (AvgIpc) is 2.57. The Hall–Kier alpha value is -0.350. The van der Waals surface area contributed by atoms with E-state index >= 15 is 0 Å². The molecule has 0 atom stereocenters. The summed E-state index contributed by atoms with van der Waals surface area (Å²) in [7, 11) is 6.31. The van der Waals surface area contributed by atoms with Crippen molar-refractivity contribution in [3.05, 3.63) is 12.7 Å². The fourth-order valence-electron chi connectivity index (χ4n) is 3.12. The van der Waals surface area contributed by atoms with Crippen LogP contribution in [-0.2, 0) is 4.79 Å². The number of halogens is 1. The monoisotopic (exact) mass is 433 g/mol. The molecule has 0 aliphatic rings. The first-order valence-corrected chi connectivity index (χ1v) is 10.6. The molecule has 0 spiro atoms. The van der Waals surface area contributed by atoms with Crippen molar-refractivity contribution in [2.45, 2.75) is 84.0 Å². The quantitative estimate of drug-likeness (QED) is 0.157. The van der Waals surface area contributed by atoms with Crippen LogP contribution in [0, 0.1) is 0 Å². The summed E-state index contributed by atoms with van der Waals surface area (Å²) in [5, 5.41) is 0. The van der Waals surface area contributed by atoms with E-state index in [1.165, 1.54) is 64.2 Å². The number of unbranched alkanes of at least 4 members (excludes halogenated alkanes) is 10. The van der Waals surface area contributed by atoms with Gasteiger partial charge in [0.15, 0.2) is 0 Å². The van der Waals surface area contributed by atoms with Crippen LogP contribution in [-0.4, -0.2) is 56.1 Å². The Kier molecular flexibility index (Phi) is 19.3. The van der Waals surface area contributed by atoms with Crippen LogP contribution in [0.5, 0.6) is 0 Å². The number of likely N-dealkylation sites (N-methyl/N-ethyl adjacent to an activating group) is 2. The van der Waals surface area contributed by atoms with Crippen molar-refractivity contribution >= 4 is 22.9 Å².